The lowest BCUT2D eigenvalue weighted by molar-refractivity contribution is -0.113. The highest BCUT2D eigenvalue weighted by atomic mass is 32.2. The monoisotopic (exact) mass is 479 g/mol. The summed E-state index contributed by atoms with van der Waals surface area (Å²) in [5.74, 6) is 1.80. The summed E-state index contributed by atoms with van der Waals surface area (Å²) < 4.78 is 11.4. The SMILES string of the molecule is COc1cc(/C=C2\SC(N3CCN(Cc4ccccc4)CC3)=NC2=O)ccc1OCCC(C)C. The molecule has 4 rings (SSSR count). The van der Waals surface area contributed by atoms with Crippen LogP contribution in [0, 0.1) is 5.92 Å². The molecular formula is C27H33N3O3S. The van der Waals surface area contributed by atoms with Gasteiger partial charge in [0.25, 0.3) is 5.91 Å². The fraction of sp³-hybridized carbons (Fsp3) is 0.407. The van der Waals surface area contributed by atoms with E-state index in [0.717, 1.165) is 55.6 Å². The summed E-state index contributed by atoms with van der Waals surface area (Å²) in [6.07, 6.45) is 2.87. The summed E-state index contributed by atoms with van der Waals surface area (Å²) in [6, 6.07) is 16.3. The molecule has 0 N–H and O–H groups in total. The van der Waals surface area contributed by atoms with Gasteiger partial charge < -0.3 is 14.4 Å². The van der Waals surface area contributed by atoms with Crippen LogP contribution in [0.2, 0.25) is 0 Å². The van der Waals surface area contributed by atoms with Crippen molar-refractivity contribution in [2.45, 2.75) is 26.8 Å². The molecule has 0 aliphatic carbocycles. The van der Waals surface area contributed by atoms with Crippen LogP contribution in [0.3, 0.4) is 0 Å². The van der Waals surface area contributed by atoms with Crippen molar-refractivity contribution in [3.8, 4) is 11.5 Å². The van der Waals surface area contributed by atoms with E-state index in [9.17, 15) is 4.79 Å². The van der Waals surface area contributed by atoms with E-state index in [2.05, 4.69) is 52.9 Å². The van der Waals surface area contributed by atoms with Crippen molar-refractivity contribution in [3.63, 3.8) is 0 Å². The zero-order valence-electron chi connectivity index (χ0n) is 20.2. The van der Waals surface area contributed by atoms with Gasteiger partial charge >= 0.3 is 0 Å². The fourth-order valence-corrected chi connectivity index (χ4v) is 4.89. The van der Waals surface area contributed by atoms with Crippen LogP contribution in [0.25, 0.3) is 6.08 Å². The second-order valence-corrected chi connectivity index (χ2v) is 10.0. The Labute approximate surface area is 206 Å². The first-order chi connectivity index (χ1) is 16.5. The number of rotatable bonds is 8. The average molecular weight is 480 g/mol. The van der Waals surface area contributed by atoms with E-state index in [-0.39, 0.29) is 5.91 Å². The van der Waals surface area contributed by atoms with Crippen LogP contribution in [0.15, 0.2) is 58.4 Å². The maximum absolute atomic E-state index is 12.6. The summed E-state index contributed by atoms with van der Waals surface area (Å²) in [6.45, 7) is 9.61. The van der Waals surface area contributed by atoms with Gasteiger partial charge in [0.1, 0.15) is 0 Å². The van der Waals surface area contributed by atoms with Crippen LogP contribution >= 0.6 is 11.8 Å². The molecule has 0 radical (unpaired) electrons. The zero-order chi connectivity index (χ0) is 23.9. The molecule has 0 unspecified atom stereocenters. The number of thioether (sulfide) groups is 1. The van der Waals surface area contributed by atoms with E-state index >= 15 is 0 Å². The predicted molar refractivity (Wildman–Crippen MR) is 139 cm³/mol. The van der Waals surface area contributed by atoms with Gasteiger partial charge in [-0.3, -0.25) is 9.69 Å². The van der Waals surface area contributed by atoms with Gasteiger partial charge in [0.15, 0.2) is 16.7 Å². The number of ether oxygens (including phenoxy) is 2. The highest BCUT2D eigenvalue weighted by Crippen LogP contribution is 2.33. The zero-order valence-corrected chi connectivity index (χ0v) is 21.0. The molecule has 0 atom stereocenters. The lowest BCUT2D eigenvalue weighted by Gasteiger charge is -2.35. The lowest BCUT2D eigenvalue weighted by atomic mass is 10.1. The Balaban J connectivity index is 1.34. The number of nitrogens with zero attached hydrogens (tertiary/aromatic N) is 3. The molecule has 1 saturated heterocycles. The van der Waals surface area contributed by atoms with Crippen molar-refractivity contribution in [1.29, 1.82) is 0 Å². The van der Waals surface area contributed by atoms with E-state index in [1.807, 2.05) is 30.3 Å². The average Bonchev–Trinajstić information content (AvgIpc) is 3.20. The molecule has 2 aliphatic heterocycles. The molecule has 0 spiro atoms. The third-order valence-electron chi connectivity index (χ3n) is 5.94. The Bertz CT molecular complexity index is 1040. The number of benzene rings is 2. The Morgan fingerprint density at radius 1 is 1.06 bits per heavy atom. The molecule has 6 nitrogen and oxygen atoms in total. The Morgan fingerprint density at radius 2 is 1.82 bits per heavy atom. The summed E-state index contributed by atoms with van der Waals surface area (Å²) in [4.78, 5) is 22.2. The van der Waals surface area contributed by atoms with E-state index in [1.54, 1.807) is 7.11 Å². The highest BCUT2D eigenvalue weighted by molar-refractivity contribution is 8.18. The van der Waals surface area contributed by atoms with E-state index in [1.165, 1.54) is 17.3 Å². The molecule has 1 amide bonds. The summed E-state index contributed by atoms with van der Waals surface area (Å²) in [5.41, 5.74) is 2.23. The van der Waals surface area contributed by atoms with Crippen molar-refractivity contribution in [1.82, 2.24) is 9.80 Å². The van der Waals surface area contributed by atoms with Crippen LogP contribution in [0.5, 0.6) is 11.5 Å². The molecule has 2 aromatic carbocycles. The highest BCUT2D eigenvalue weighted by Gasteiger charge is 2.28. The minimum Gasteiger partial charge on any atom is -0.493 e. The van der Waals surface area contributed by atoms with Crippen LogP contribution < -0.4 is 9.47 Å². The minimum atomic E-state index is -0.178. The van der Waals surface area contributed by atoms with E-state index in [4.69, 9.17) is 9.47 Å². The van der Waals surface area contributed by atoms with E-state index < -0.39 is 0 Å². The third-order valence-corrected chi connectivity index (χ3v) is 6.98. The molecule has 0 bridgehead atoms. The number of hydrogen-bond acceptors (Lipinski definition) is 6. The van der Waals surface area contributed by atoms with Gasteiger partial charge in [0.05, 0.1) is 18.6 Å². The quantitative estimate of drug-likeness (QED) is 0.502. The number of hydrogen-bond donors (Lipinski definition) is 0. The van der Waals surface area contributed by atoms with E-state index in [0.29, 0.717) is 23.2 Å². The van der Waals surface area contributed by atoms with Crippen molar-refractivity contribution in [3.05, 3.63) is 64.6 Å². The molecule has 34 heavy (non-hydrogen) atoms. The molecule has 0 aromatic heterocycles. The van der Waals surface area contributed by atoms with Crippen LogP contribution in [0.4, 0.5) is 0 Å². The lowest BCUT2D eigenvalue weighted by Crippen LogP contribution is -2.47. The molecule has 2 heterocycles. The summed E-state index contributed by atoms with van der Waals surface area (Å²) in [5, 5.41) is 0.802. The van der Waals surface area contributed by atoms with Gasteiger partial charge in [-0.2, -0.15) is 4.99 Å². The number of carbonyl (C=O) groups is 1. The molecule has 2 aromatic rings. The molecular weight excluding hydrogens is 446 g/mol. The number of methoxy groups -OCH3 is 1. The molecule has 1 fully saturated rings. The molecule has 180 valence electrons. The number of amidine groups is 1. The molecule has 7 heteroatoms. The topological polar surface area (TPSA) is 54.4 Å². The summed E-state index contributed by atoms with van der Waals surface area (Å²) >= 11 is 1.46. The number of carbonyl (C=O) groups excluding carboxylic acids is 1. The second-order valence-electron chi connectivity index (χ2n) is 9.00. The Kier molecular flexibility index (Phi) is 8.29. The number of piperazine rings is 1. The number of amides is 1. The van der Waals surface area contributed by atoms with Gasteiger partial charge in [-0.15, -0.1) is 0 Å². The van der Waals surface area contributed by atoms with Crippen molar-refractivity contribution in [2.24, 2.45) is 10.9 Å². The van der Waals surface area contributed by atoms with Crippen molar-refractivity contribution < 1.29 is 14.3 Å². The fourth-order valence-electron chi connectivity index (χ4n) is 3.92. The Hall–Kier alpha value is -2.77. The standard InChI is InChI=1S/C27H33N3O3S/c1-20(2)11-16-33-23-10-9-22(17-24(23)32-3)18-25-26(31)28-27(34-25)30-14-12-29(13-15-30)19-21-7-5-4-6-8-21/h4-10,17-18,20H,11-16,19H2,1-3H3/b25-18-. The Morgan fingerprint density at radius 3 is 2.53 bits per heavy atom. The summed E-state index contributed by atoms with van der Waals surface area (Å²) in [7, 11) is 1.63. The maximum Gasteiger partial charge on any atom is 0.286 e. The largest absolute Gasteiger partial charge is 0.493 e. The van der Waals surface area contributed by atoms with Gasteiger partial charge in [-0.05, 0) is 53.4 Å². The first kappa shape index (κ1) is 24.4. The normalized spacial score (nSPS) is 18.0. The number of aliphatic imine (C=N–C) groups is 1. The smallest absolute Gasteiger partial charge is 0.286 e. The predicted octanol–water partition coefficient (Wildman–Crippen LogP) is 4.91. The maximum atomic E-state index is 12.6. The van der Waals surface area contributed by atoms with Crippen molar-refractivity contribution in [2.75, 3.05) is 39.9 Å². The second kappa shape index (κ2) is 11.6. The van der Waals surface area contributed by atoms with Gasteiger partial charge in [0.2, 0.25) is 0 Å². The third kappa shape index (κ3) is 6.42. The van der Waals surface area contributed by atoms with Gasteiger partial charge in [0, 0.05) is 32.7 Å². The van der Waals surface area contributed by atoms with Crippen LogP contribution in [-0.2, 0) is 11.3 Å². The van der Waals surface area contributed by atoms with Crippen LogP contribution in [0.1, 0.15) is 31.4 Å². The minimum absolute atomic E-state index is 0.178. The molecule has 0 saturated carbocycles. The first-order valence-corrected chi connectivity index (χ1v) is 12.7. The van der Waals surface area contributed by atoms with Crippen molar-refractivity contribution >= 4 is 28.9 Å². The molecule has 2 aliphatic rings. The van der Waals surface area contributed by atoms with Gasteiger partial charge in [-0.1, -0.05) is 50.2 Å². The first-order valence-electron chi connectivity index (χ1n) is 11.9. The van der Waals surface area contributed by atoms with Crippen LogP contribution in [-0.4, -0.2) is 60.8 Å². The van der Waals surface area contributed by atoms with Gasteiger partial charge in [-0.25, -0.2) is 0 Å².